The van der Waals surface area contributed by atoms with Crippen molar-refractivity contribution in [2.45, 2.75) is 44.6 Å². The van der Waals surface area contributed by atoms with Gasteiger partial charge in [-0.1, -0.05) is 12.1 Å². The van der Waals surface area contributed by atoms with Gasteiger partial charge in [-0.25, -0.2) is 14.4 Å². The van der Waals surface area contributed by atoms with E-state index in [-0.39, 0.29) is 11.7 Å². The second kappa shape index (κ2) is 6.07. The Labute approximate surface area is 135 Å². The van der Waals surface area contributed by atoms with Gasteiger partial charge in [0.15, 0.2) is 0 Å². The van der Waals surface area contributed by atoms with Crippen LogP contribution in [0.5, 0.6) is 0 Å². The van der Waals surface area contributed by atoms with Gasteiger partial charge in [0.2, 0.25) is 0 Å². The van der Waals surface area contributed by atoms with Crippen molar-refractivity contribution >= 4 is 5.91 Å². The Morgan fingerprint density at radius 2 is 1.83 bits per heavy atom. The lowest BCUT2D eigenvalue weighted by atomic mass is 9.94. The minimum atomic E-state index is -0.454. The molecule has 2 aromatic rings. The van der Waals surface area contributed by atoms with Crippen molar-refractivity contribution < 1.29 is 9.18 Å². The summed E-state index contributed by atoms with van der Waals surface area (Å²) in [4.78, 5) is 20.9. The average Bonchev–Trinajstić information content (AvgIpc) is 3.34. The Kier molecular flexibility index (Phi) is 4.11. The number of halogens is 1. The van der Waals surface area contributed by atoms with Crippen LogP contribution in [0.2, 0.25) is 0 Å². The Morgan fingerprint density at radius 3 is 2.39 bits per heavy atom. The van der Waals surface area contributed by atoms with Crippen molar-refractivity contribution in [3.8, 4) is 0 Å². The van der Waals surface area contributed by atoms with Gasteiger partial charge in [0.25, 0.3) is 5.91 Å². The topological polar surface area (TPSA) is 54.9 Å². The molecule has 1 aromatic heterocycles. The number of hydrogen-bond donors (Lipinski definition) is 1. The summed E-state index contributed by atoms with van der Waals surface area (Å²) in [7, 11) is 0. The van der Waals surface area contributed by atoms with Crippen LogP contribution >= 0.6 is 0 Å². The third kappa shape index (κ3) is 4.12. The number of benzene rings is 1. The number of nitrogens with zero attached hydrogens (tertiary/aromatic N) is 2. The molecule has 0 saturated heterocycles. The molecule has 1 heterocycles. The molecule has 1 saturated carbocycles. The van der Waals surface area contributed by atoms with Crippen LogP contribution in [-0.2, 0) is 6.42 Å². The van der Waals surface area contributed by atoms with E-state index in [4.69, 9.17) is 0 Å². The summed E-state index contributed by atoms with van der Waals surface area (Å²) in [6.45, 7) is 3.88. The molecule has 0 unspecified atom stereocenters. The molecule has 0 aliphatic heterocycles. The highest BCUT2D eigenvalue weighted by molar-refractivity contribution is 5.94. The summed E-state index contributed by atoms with van der Waals surface area (Å²) in [5.74, 6) is 0.845. The quantitative estimate of drug-likeness (QED) is 0.922. The fraction of sp³-hybridized carbons (Fsp3) is 0.389. The third-order valence-corrected chi connectivity index (χ3v) is 3.89. The lowest BCUT2D eigenvalue weighted by Crippen LogP contribution is -2.45. The van der Waals surface area contributed by atoms with Crippen LogP contribution in [0.1, 0.15) is 54.4 Å². The Hall–Kier alpha value is -2.30. The number of carbonyl (C=O) groups excluding carboxylic acids is 1. The maximum atomic E-state index is 13.0. The normalized spacial score (nSPS) is 14.6. The van der Waals surface area contributed by atoms with E-state index in [1.165, 1.54) is 12.1 Å². The van der Waals surface area contributed by atoms with E-state index in [2.05, 4.69) is 15.3 Å². The van der Waals surface area contributed by atoms with Gasteiger partial charge in [-0.15, -0.1) is 0 Å². The van der Waals surface area contributed by atoms with E-state index in [9.17, 15) is 9.18 Å². The molecule has 3 rings (SSSR count). The van der Waals surface area contributed by atoms with Gasteiger partial charge in [0.05, 0.1) is 5.56 Å². The molecule has 1 fully saturated rings. The number of rotatable bonds is 5. The molecule has 1 aliphatic rings. The molecular weight excluding hydrogens is 293 g/mol. The van der Waals surface area contributed by atoms with Crippen molar-refractivity contribution in [3.05, 3.63) is 59.4 Å². The molecule has 1 aliphatic carbocycles. The van der Waals surface area contributed by atoms with Gasteiger partial charge in [-0.05, 0) is 50.8 Å². The molecule has 0 atom stereocenters. The van der Waals surface area contributed by atoms with Gasteiger partial charge in [0, 0.05) is 23.9 Å². The Morgan fingerprint density at radius 1 is 1.22 bits per heavy atom. The fourth-order valence-corrected chi connectivity index (χ4v) is 2.54. The van der Waals surface area contributed by atoms with Crippen molar-refractivity contribution in [2.75, 3.05) is 0 Å². The summed E-state index contributed by atoms with van der Waals surface area (Å²) in [6.07, 6.45) is 6.06. The van der Waals surface area contributed by atoms with E-state index in [1.54, 1.807) is 24.5 Å². The number of carbonyl (C=O) groups is 1. The monoisotopic (exact) mass is 313 g/mol. The summed E-state index contributed by atoms with van der Waals surface area (Å²) >= 11 is 0. The zero-order chi connectivity index (χ0) is 16.4. The van der Waals surface area contributed by atoms with Crippen molar-refractivity contribution in [2.24, 2.45) is 0 Å². The van der Waals surface area contributed by atoms with E-state index < -0.39 is 5.54 Å². The number of nitrogens with one attached hydrogen (secondary N) is 1. The zero-order valence-electron chi connectivity index (χ0n) is 13.3. The van der Waals surface area contributed by atoms with Gasteiger partial charge >= 0.3 is 0 Å². The second-order valence-electron chi connectivity index (χ2n) is 6.75. The summed E-state index contributed by atoms with van der Waals surface area (Å²) in [6, 6.07) is 6.32. The van der Waals surface area contributed by atoms with E-state index in [0.29, 0.717) is 17.9 Å². The van der Waals surface area contributed by atoms with E-state index in [1.807, 2.05) is 13.8 Å². The zero-order valence-corrected chi connectivity index (χ0v) is 13.3. The maximum Gasteiger partial charge on any atom is 0.254 e. The van der Waals surface area contributed by atoms with Gasteiger partial charge in [-0.2, -0.15) is 0 Å². The Bertz CT molecular complexity index is 691. The summed E-state index contributed by atoms with van der Waals surface area (Å²) in [5, 5.41) is 2.99. The van der Waals surface area contributed by atoms with Crippen LogP contribution in [0, 0.1) is 5.82 Å². The second-order valence-corrected chi connectivity index (χ2v) is 6.75. The van der Waals surface area contributed by atoms with E-state index >= 15 is 0 Å². The minimum absolute atomic E-state index is 0.195. The molecule has 5 heteroatoms. The first-order chi connectivity index (χ1) is 10.9. The minimum Gasteiger partial charge on any atom is -0.347 e. The molecule has 1 aromatic carbocycles. The fourth-order valence-electron chi connectivity index (χ4n) is 2.54. The maximum absolute atomic E-state index is 13.0. The summed E-state index contributed by atoms with van der Waals surface area (Å²) < 4.78 is 13.0. The molecule has 4 nitrogen and oxygen atoms in total. The van der Waals surface area contributed by atoms with Crippen molar-refractivity contribution in [1.82, 2.24) is 15.3 Å². The van der Waals surface area contributed by atoms with E-state index in [0.717, 1.165) is 24.2 Å². The Balaban J connectivity index is 1.63. The molecule has 120 valence electrons. The SMILES string of the molecule is CC(C)(Cc1ccc(F)cc1)NC(=O)c1cnc(C2CC2)nc1. The number of aromatic nitrogens is 2. The van der Waals surface area contributed by atoms with Gasteiger partial charge < -0.3 is 5.32 Å². The van der Waals surface area contributed by atoms with Crippen molar-refractivity contribution in [1.29, 1.82) is 0 Å². The molecule has 1 amide bonds. The van der Waals surface area contributed by atoms with Crippen LogP contribution in [0.25, 0.3) is 0 Å². The predicted molar refractivity (Wildman–Crippen MR) is 85.7 cm³/mol. The van der Waals surface area contributed by atoms with Crippen LogP contribution in [-0.4, -0.2) is 21.4 Å². The van der Waals surface area contributed by atoms with Crippen LogP contribution in [0.15, 0.2) is 36.7 Å². The average molecular weight is 313 g/mol. The number of hydrogen-bond acceptors (Lipinski definition) is 3. The highest BCUT2D eigenvalue weighted by atomic mass is 19.1. The lowest BCUT2D eigenvalue weighted by Gasteiger charge is -2.26. The smallest absolute Gasteiger partial charge is 0.254 e. The molecule has 0 spiro atoms. The first-order valence-electron chi connectivity index (χ1n) is 7.82. The predicted octanol–water partition coefficient (Wildman–Crippen LogP) is 3.24. The first kappa shape index (κ1) is 15.6. The van der Waals surface area contributed by atoms with Crippen molar-refractivity contribution in [3.63, 3.8) is 0 Å². The molecule has 0 bridgehead atoms. The molecule has 23 heavy (non-hydrogen) atoms. The standard InChI is InChI=1S/C18H20FN3O/c1-18(2,9-12-3-7-15(19)8-4-12)22-17(23)14-10-20-16(21-11-14)13-5-6-13/h3-4,7-8,10-11,13H,5-6,9H2,1-2H3,(H,22,23). The van der Waals surface area contributed by atoms with Crippen LogP contribution in [0.4, 0.5) is 4.39 Å². The van der Waals surface area contributed by atoms with Gasteiger partial charge in [-0.3, -0.25) is 4.79 Å². The third-order valence-electron chi connectivity index (χ3n) is 3.89. The number of amides is 1. The molecular formula is C18H20FN3O. The largest absolute Gasteiger partial charge is 0.347 e. The highest BCUT2D eigenvalue weighted by Crippen LogP contribution is 2.37. The lowest BCUT2D eigenvalue weighted by molar-refractivity contribution is 0.0912. The van der Waals surface area contributed by atoms with Crippen LogP contribution in [0.3, 0.4) is 0 Å². The van der Waals surface area contributed by atoms with Gasteiger partial charge in [0.1, 0.15) is 11.6 Å². The first-order valence-corrected chi connectivity index (χ1v) is 7.82. The molecule has 1 N–H and O–H groups in total. The molecule has 0 radical (unpaired) electrons. The van der Waals surface area contributed by atoms with Crippen LogP contribution < -0.4 is 5.32 Å². The summed E-state index contributed by atoms with van der Waals surface area (Å²) in [5.41, 5.74) is 0.975. The highest BCUT2D eigenvalue weighted by Gasteiger charge is 2.27.